The van der Waals surface area contributed by atoms with Gasteiger partial charge in [0.15, 0.2) is 5.96 Å². The van der Waals surface area contributed by atoms with Crippen LogP contribution in [0.1, 0.15) is 37.1 Å². The number of hydrogen-bond donors (Lipinski definition) is 2. The number of oxazole rings is 1. The van der Waals surface area contributed by atoms with Crippen LogP contribution in [0.3, 0.4) is 0 Å². The normalized spacial score (nSPS) is 18.4. The Morgan fingerprint density at radius 3 is 2.91 bits per heavy atom. The van der Waals surface area contributed by atoms with Crippen LogP contribution in [0, 0.1) is 13.8 Å². The summed E-state index contributed by atoms with van der Waals surface area (Å²) in [5.41, 5.74) is 0.918. The monoisotopic (exact) mass is 324 g/mol. The van der Waals surface area contributed by atoms with E-state index in [4.69, 9.17) is 13.9 Å². The van der Waals surface area contributed by atoms with Crippen molar-refractivity contribution in [1.82, 2.24) is 15.6 Å². The Kier molecular flexibility index (Phi) is 7.35. The summed E-state index contributed by atoms with van der Waals surface area (Å²) in [6.45, 7) is 10.2. The van der Waals surface area contributed by atoms with E-state index in [1.807, 2.05) is 20.8 Å². The summed E-state index contributed by atoms with van der Waals surface area (Å²) in [6, 6.07) is 0. The number of aryl methyl sites for hydroxylation is 2. The van der Waals surface area contributed by atoms with Gasteiger partial charge in [-0.05, 0) is 33.6 Å². The Labute approximate surface area is 137 Å². The number of guanidine groups is 1. The van der Waals surface area contributed by atoms with E-state index < -0.39 is 0 Å². The third-order valence-corrected chi connectivity index (χ3v) is 3.64. The number of ether oxygens (including phenoxy) is 2. The Bertz CT molecular complexity index is 476. The molecule has 1 aliphatic heterocycles. The molecule has 1 aromatic heterocycles. The molecule has 2 heterocycles. The second-order valence-corrected chi connectivity index (χ2v) is 5.58. The number of hydrogen-bond acceptors (Lipinski definition) is 5. The summed E-state index contributed by atoms with van der Waals surface area (Å²) >= 11 is 0. The maximum absolute atomic E-state index is 5.74. The predicted octanol–water partition coefficient (Wildman–Crippen LogP) is 1.54. The van der Waals surface area contributed by atoms with E-state index in [1.54, 1.807) is 0 Å². The number of nitrogens with one attached hydrogen (secondary N) is 2. The molecule has 1 unspecified atom stereocenters. The van der Waals surface area contributed by atoms with Crippen LogP contribution in [0.5, 0.6) is 0 Å². The zero-order valence-corrected chi connectivity index (χ0v) is 14.4. The lowest BCUT2D eigenvalue weighted by atomic mass is 10.3. The molecule has 1 aromatic rings. The van der Waals surface area contributed by atoms with Gasteiger partial charge in [-0.2, -0.15) is 0 Å². The highest BCUT2D eigenvalue weighted by Crippen LogP contribution is 2.09. The average Bonchev–Trinajstić information content (AvgIpc) is 3.15. The topological polar surface area (TPSA) is 80.9 Å². The molecule has 0 amide bonds. The maximum Gasteiger partial charge on any atom is 0.216 e. The smallest absolute Gasteiger partial charge is 0.216 e. The van der Waals surface area contributed by atoms with Crippen molar-refractivity contribution in [3.8, 4) is 0 Å². The van der Waals surface area contributed by atoms with Crippen molar-refractivity contribution in [3.05, 3.63) is 17.3 Å². The van der Waals surface area contributed by atoms with Crippen LogP contribution in [0.15, 0.2) is 9.41 Å². The van der Waals surface area contributed by atoms with E-state index in [-0.39, 0.29) is 6.10 Å². The predicted molar refractivity (Wildman–Crippen MR) is 88.6 cm³/mol. The van der Waals surface area contributed by atoms with Gasteiger partial charge in [-0.3, -0.25) is 0 Å². The Hall–Kier alpha value is -1.60. The molecule has 0 radical (unpaired) electrons. The number of aromatic nitrogens is 1. The number of nitrogens with zero attached hydrogens (tertiary/aromatic N) is 2. The third kappa shape index (κ3) is 6.19. The summed E-state index contributed by atoms with van der Waals surface area (Å²) in [6.07, 6.45) is 2.21. The fraction of sp³-hybridized carbons (Fsp3) is 0.750. The van der Waals surface area contributed by atoms with Crippen LogP contribution in [0.25, 0.3) is 0 Å². The summed E-state index contributed by atoms with van der Waals surface area (Å²) in [7, 11) is 0. The molecule has 0 aromatic carbocycles. The van der Waals surface area contributed by atoms with Crippen LogP contribution >= 0.6 is 0 Å². The molecule has 2 N–H and O–H groups in total. The van der Waals surface area contributed by atoms with Gasteiger partial charge in [0.1, 0.15) is 12.3 Å². The van der Waals surface area contributed by atoms with Crippen LogP contribution in [0.4, 0.5) is 0 Å². The number of rotatable bonds is 8. The highest BCUT2D eigenvalue weighted by atomic mass is 16.5. The first kappa shape index (κ1) is 17.7. The Morgan fingerprint density at radius 1 is 1.39 bits per heavy atom. The highest BCUT2D eigenvalue weighted by Gasteiger charge is 2.15. The molecule has 1 saturated heterocycles. The fourth-order valence-corrected chi connectivity index (χ4v) is 2.27. The van der Waals surface area contributed by atoms with Gasteiger partial charge in [0.05, 0.1) is 18.4 Å². The summed E-state index contributed by atoms with van der Waals surface area (Å²) < 4.78 is 16.6. The van der Waals surface area contributed by atoms with Crippen molar-refractivity contribution in [3.63, 3.8) is 0 Å². The first-order valence-electron chi connectivity index (χ1n) is 8.33. The molecule has 130 valence electrons. The molecule has 0 bridgehead atoms. The fourth-order valence-electron chi connectivity index (χ4n) is 2.27. The molecule has 1 atom stereocenters. The maximum atomic E-state index is 5.74. The zero-order valence-electron chi connectivity index (χ0n) is 14.4. The molecule has 0 aliphatic carbocycles. The van der Waals surface area contributed by atoms with E-state index in [0.717, 1.165) is 63.2 Å². The molecule has 1 aliphatic rings. The van der Waals surface area contributed by atoms with Gasteiger partial charge in [-0.15, -0.1) is 0 Å². The highest BCUT2D eigenvalue weighted by molar-refractivity contribution is 5.79. The van der Waals surface area contributed by atoms with Gasteiger partial charge in [0.2, 0.25) is 5.89 Å². The molecule has 23 heavy (non-hydrogen) atoms. The third-order valence-electron chi connectivity index (χ3n) is 3.64. The van der Waals surface area contributed by atoms with Crippen molar-refractivity contribution in [2.24, 2.45) is 4.99 Å². The van der Waals surface area contributed by atoms with Crippen molar-refractivity contribution in [1.29, 1.82) is 0 Å². The van der Waals surface area contributed by atoms with E-state index in [0.29, 0.717) is 12.4 Å². The molecule has 7 nitrogen and oxygen atoms in total. The lowest BCUT2D eigenvalue weighted by Crippen LogP contribution is -2.38. The molecule has 1 fully saturated rings. The average molecular weight is 324 g/mol. The first-order valence-corrected chi connectivity index (χ1v) is 8.33. The minimum atomic E-state index is 0.272. The zero-order chi connectivity index (χ0) is 16.5. The molecule has 7 heteroatoms. The van der Waals surface area contributed by atoms with E-state index in [9.17, 15) is 0 Å². The van der Waals surface area contributed by atoms with Gasteiger partial charge in [-0.1, -0.05) is 0 Å². The standard InChI is InChI=1S/C16H28N4O3/c1-4-17-16(19-10-15-20-12(2)13(3)23-15)18-7-5-8-22-14-6-9-21-11-14/h14H,4-11H2,1-3H3,(H2,17,18,19). The van der Waals surface area contributed by atoms with Crippen molar-refractivity contribution in [2.45, 2.75) is 46.3 Å². The van der Waals surface area contributed by atoms with E-state index in [1.165, 1.54) is 0 Å². The van der Waals surface area contributed by atoms with Crippen molar-refractivity contribution < 1.29 is 13.9 Å². The summed E-state index contributed by atoms with van der Waals surface area (Å²) in [5, 5.41) is 6.51. The minimum Gasteiger partial charge on any atom is -0.444 e. The van der Waals surface area contributed by atoms with Crippen LogP contribution in [-0.2, 0) is 16.0 Å². The van der Waals surface area contributed by atoms with E-state index in [2.05, 4.69) is 20.6 Å². The Morgan fingerprint density at radius 2 is 2.26 bits per heavy atom. The molecular weight excluding hydrogens is 296 g/mol. The first-order chi connectivity index (χ1) is 11.2. The van der Waals surface area contributed by atoms with Crippen molar-refractivity contribution >= 4 is 5.96 Å². The van der Waals surface area contributed by atoms with Gasteiger partial charge in [0, 0.05) is 26.3 Å². The second-order valence-electron chi connectivity index (χ2n) is 5.58. The van der Waals surface area contributed by atoms with Crippen molar-refractivity contribution in [2.75, 3.05) is 32.9 Å². The molecule has 0 saturated carbocycles. The SMILES string of the molecule is CCNC(=NCc1nc(C)c(C)o1)NCCCOC1CCOC1. The van der Waals surface area contributed by atoms with Crippen LogP contribution in [0.2, 0.25) is 0 Å². The van der Waals surface area contributed by atoms with Crippen LogP contribution < -0.4 is 10.6 Å². The quantitative estimate of drug-likeness (QED) is 0.429. The summed E-state index contributed by atoms with van der Waals surface area (Å²) in [5.74, 6) is 2.26. The minimum absolute atomic E-state index is 0.272. The molecule has 2 rings (SSSR count). The van der Waals surface area contributed by atoms with E-state index >= 15 is 0 Å². The largest absolute Gasteiger partial charge is 0.444 e. The summed E-state index contributed by atoms with van der Waals surface area (Å²) in [4.78, 5) is 8.83. The lowest BCUT2D eigenvalue weighted by molar-refractivity contribution is 0.0420. The van der Waals surface area contributed by atoms with Gasteiger partial charge in [0.25, 0.3) is 0 Å². The number of aliphatic imine (C=N–C) groups is 1. The van der Waals surface area contributed by atoms with Gasteiger partial charge < -0.3 is 24.5 Å². The lowest BCUT2D eigenvalue weighted by Gasteiger charge is -2.12. The van der Waals surface area contributed by atoms with Gasteiger partial charge in [-0.25, -0.2) is 9.98 Å². The van der Waals surface area contributed by atoms with Crippen LogP contribution in [-0.4, -0.2) is 50.0 Å². The second kappa shape index (κ2) is 9.52. The molecule has 0 spiro atoms. The van der Waals surface area contributed by atoms with Gasteiger partial charge >= 0.3 is 0 Å². The molecular formula is C16H28N4O3. The Balaban J connectivity index is 1.68.